The molecule has 0 aromatic heterocycles. The molecule has 3 aromatic carbocycles. The number of carbonyl (C=O) groups excluding carboxylic acids is 2. The Bertz CT molecular complexity index is 1470. The third-order valence-electron chi connectivity index (χ3n) is 6.73. The van der Waals surface area contributed by atoms with Gasteiger partial charge in [0.2, 0.25) is 11.8 Å². The fourth-order valence-electron chi connectivity index (χ4n) is 4.04. The van der Waals surface area contributed by atoms with Gasteiger partial charge >= 0.3 is 0 Å². The average molecular weight is 665 g/mol. The van der Waals surface area contributed by atoms with E-state index in [0.717, 1.165) is 26.3 Å². The highest BCUT2D eigenvalue weighted by Gasteiger charge is 2.34. The van der Waals surface area contributed by atoms with Gasteiger partial charge in [0.15, 0.2) is 0 Å². The zero-order valence-corrected chi connectivity index (χ0v) is 26.9. The van der Waals surface area contributed by atoms with Crippen LogP contribution in [0.1, 0.15) is 38.3 Å². The van der Waals surface area contributed by atoms with E-state index in [1.54, 1.807) is 31.2 Å². The number of nitrogens with one attached hydrogen (secondary N) is 1. The molecule has 2 amide bonds. The molecule has 0 heterocycles. The number of nitrogens with zero attached hydrogens (tertiary/aromatic N) is 2. The fourth-order valence-corrected chi connectivity index (χ4v) is 5.89. The lowest BCUT2D eigenvalue weighted by atomic mass is 10.1. The van der Waals surface area contributed by atoms with Gasteiger partial charge in [-0.1, -0.05) is 64.3 Å². The molecule has 0 fully saturated rings. The molecular weight excluding hydrogens is 630 g/mol. The zero-order chi connectivity index (χ0) is 30.3. The maximum Gasteiger partial charge on any atom is 0.264 e. The summed E-state index contributed by atoms with van der Waals surface area (Å²) in [6.45, 7) is 6.81. The number of amides is 2. The lowest BCUT2D eigenvalue weighted by Gasteiger charge is -2.33. The Hall–Kier alpha value is -3.08. The quantitative estimate of drug-likeness (QED) is 0.258. The molecule has 0 radical (unpaired) electrons. The van der Waals surface area contributed by atoms with Gasteiger partial charge in [0.25, 0.3) is 10.0 Å². The van der Waals surface area contributed by atoms with Crippen LogP contribution in [0.4, 0.5) is 5.69 Å². The largest absolute Gasteiger partial charge is 0.495 e. The van der Waals surface area contributed by atoms with E-state index in [0.29, 0.717) is 0 Å². The van der Waals surface area contributed by atoms with E-state index in [9.17, 15) is 18.0 Å². The smallest absolute Gasteiger partial charge is 0.264 e. The molecule has 41 heavy (non-hydrogen) atoms. The minimum absolute atomic E-state index is 0.0000461. The van der Waals surface area contributed by atoms with Crippen molar-refractivity contribution < 1.29 is 22.7 Å². The standard InChI is InChI=1S/C30H35BrClN3O5S/c1-6-21(3)33-30(37)22(4)34(18-23-9-11-24(31)12-10-23)29(36)19-35(27-17-25(32)13-16-28(27)40-5)41(38,39)26-14-7-20(2)8-15-26/h7-17,21-22H,6,18-19H2,1-5H3,(H,33,37)/t21-,22+/m0/s1. The third-order valence-corrected chi connectivity index (χ3v) is 9.27. The van der Waals surface area contributed by atoms with Crippen molar-refractivity contribution in [3.05, 3.63) is 87.4 Å². The summed E-state index contributed by atoms with van der Waals surface area (Å²) in [5, 5.41) is 3.19. The van der Waals surface area contributed by atoms with Crippen LogP contribution in [-0.2, 0) is 26.2 Å². The number of ether oxygens (including phenoxy) is 1. The van der Waals surface area contributed by atoms with Crippen LogP contribution in [0.2, 0.25) is 5.02 Å². The molecule has 0 aliphatic heterocycles. The minimum Gasteiger partial charge on any atom is -0.495 e. The topological polar surface area (TPSA) is 96.0 Å². The predicted molar refractivity (Wildman–Crippen MR) is 166 cm³/mol. The summed E-state index contributed by atoms with van der Waals surface area (Å²) in [7, 11) is -2.85. The molecule has 8 nitrogen and oxygen atoms in total. The Kier molecular flexibility index (Phi) is 11.2. The molecule has 11 heteroatoms. The van der Waals surface area contributed by atoms with Gasteiger partial charge in [0.1, 0.15) is 18.3 Å². The van der Waals surface area contributed by atoms with Gasteiger partial charge in [-0.15, -0.1) is 0 Å². The number of hydrogen-bond donors (Lipinski definition) is 1. The second kappa shape index (κ2) is 14.2. The maximum absolute atomic E-state index is 14.1. The second-order valence-electron chi connectivity index (χ2n) is 9.78. The number of sulfonamides is 1. The summed E-state index contributed by atoms with van der Waals surface area (Å²) in [5.74, 6) is -0.685. The first-order chi connectivity index (χ1) is 19.4. The summed E-state index contributed by atoms with van der Waals surface area (Å²) in [5.41, 5.74) is 1.76. The van der Waals surface area contributed by atoms with Crippen molar-refractivity contribution in [2.45, 2.75) is 57.6 Å². The normalized spacial score (nSPS) is 12.8. The lowest BCUT2D eigenvalue weighted by Crippen LogP contribution is -2.52. The van der Waals surface area contributed by atoms with E-state index in [1.807, 2.05) is 45.0 Å². The van der Waals surface area contributed by atoms with Crippen LogP contribution in [0.25, 0.3) is 0 Å². The first-order valence-electron chi connectivity index (χ1n) is 13.1. The molecular formula is C30H35BrClN3O5S. The Balaban J connectivity index is 2.09. The molecule has 3 rings (SSSR count). The van der Waals surface area contributed by atoms with Gasteiger partial charge in [-0.25, -0.2) is 8.42 Å². The lowest BCUT2D eigenvalue weighted by molar-refractivity contribution is -0.139. The number of methoxy groups -OCH3 is 1. The molecule has 0 saturated carbocycles. The van der Waals surface area contributed by atoms with Crippen LogP contribution in [0.3, 0.4) is 0 Å². The van der Waals surface area contributed by atoms with Crippen LogP contribution in [0.15, 0.2) is 76.1 Å². The highest BCUT2D eigenvalue weighted by atomic mass is 79.9. The number of carbonyl (C=O) groups is 2. The summed E-state index contributed by atoms with van der Waals surface area (Å²) in [4.78, 5) is 28.6. The van der Waals surface area contributed by atoms with Crippen molar-refractivity contribution in [1.29, 1.82) is 0 Å². The summed E-state index contributed by atoms with van der Waals surface area (Å²) >= 11 is 9.69. The molecule has 3 aromatic rings. The van der Waals surface area contributed by atoms with Gasteiger partial charge in [-0.05, 0) is 75.2 Å². The monoisotopic (exact) mass is 663 g/mol. The Morgan fingerprint density at radius 1 is 1.02 bits per heavy atom. The van der Waals surface area contributed by atoms with E-state index in [1.165, 1.54) is 30.2 Å². The summed E-state index contributed by atoms with van der Waals surface area (Å²) < 4.78 is 35.4. The number of rotatable bonds is 12. The van der Waals surface area contributed by atoms with Gasteiger partial charge in [0, 0.05) is 22.1 Å². The molecule has 220 valence electrons. The third kappa shape index (κ3) is 8.24. The Labute approximate surface area is 255 Å². The van der Waals surface area contributed by atoms with Crippen molar-refractivity contribution in [3.8, 4) is 5.75 Å². The number of hydrogen-bond acceptors (Lipinski definition) is 5. The number of benzene rings is 3. The highest BCUT2D eigenvalue weighted by molar-refractivity contribution is 9.10. The molecule has 0 aliphatic rings. The van der Waals surface area contributed by atoms with E-state index in [2.05, 4.69) is 21.2 Å². The molecule has 0 bridgehead atoms. The van der Waals surface area contributed by atoms with E-state index >= 15 is 0 Å². The van der Waals surface area contributed by atoms with Crippen LogP contribution >= 0.6 is 27.5 Å². The van der Waals surface area contributed by atoms with Crippen molar-refractivity contribution in [2.24, 2.45) is 0 Å². The zero-order valence-electron chi connectivity index (χ0n) is 23.7. The Morgan fingerprint density at radius 2 is 1.66 bits per heavy atom. The molecule has 0 spiro atoms. The number of halogens is 2. The van der Waals surface area contributed by atoms with Crippen molar-refractivity contribution in [1.82, 2.24) is 10.2 Å². The Morgan fingerprint density at radius 3 is 2.24 bits per heavy atom. The molecule has 0 aliphatic carbocycles. The fraction of sp³-hybridized carbons (Fsp3) is 0.333. The summed E-state index contributed by atoms with van der Waals surface area (Å²) in [6, 6.07) is 17.3. The van der Waals surface area contributed by atoms with Crippen molar-refractivity contribution in [2.75, 3.05) is 18.0 Å². The van der Waals surface area contributed by atoms with Gasteiger partial charge in [0.05, 0.1) is 17.7 Å². The number of aryl methyl sites for hydroxylation is 1. The van der Waals surface area contributed by atoms with E-state index in [-0.39, 0.29) is 39.8 Å². The van der Waals surface area contributed by atoms with Gasteiger partial charge < -0.3 is 15.0 Å². The van der Waals surface area contributed by atoms with E-state index < -0.39 is 28.5 Å². The average Bonchev–Trinajstić information content (AvgIpc) is 2.95. The highest BCUT2D eigenvalue weighted by Crippen LogP contribution is 2.35. The first kappa shape index (κ1) is 32.4. The molecule has 2 atom stereocenters. The van der Waals surface area contributed by atoms with Crippen LogP contribution in [0, 0.1) is 6.92 Å². The molecule has 1 N–H and O–H groups in total. The van der Waals surface area contributed by atoms with Crippen LogP contribution < -0.4 is 14.4 Å². The predicted octanol–water partition coefficient (Wildman–Crippen LogP) is 5.95. The minimum atomic E-state index is -4.26. The molecule has 0 saturated heterocycles. The number of anilines is 1. The molecule has 0 unspecified atom stereocenters. The van der Waals surface area contributed by atoms with Crippen molar-refractivity contribution >= 4 is 55.1 Å². The van der Waals surface area contributed by atoms with Crippen LogP contribution in [-0.4, -0.2) is 50.9 Å². The van der Waals surface area contributed by atoms with Gasteiger partial charge in [-0.3, -0.25) is 13.9 Å². The SMILES string of the molecule is CC[C@H](C)NC(=O)[C@@H](C)N(Cc1ccc(Br)cc1)C(=O)CN(c1cc(Cl)ccc1OC)S(=O)(=O)c1ccc(C)cc1. The van der Waals surface area contributed by atoms with Gasteiger partial charge in [-0.2, -0.15) is 0 Å². The second-order valence-corrected chi connectivity index (χ2v) is 13.0. The first-order valence-corrected chi connectivity index (χ1v) is 15.8. The van der Waals surface area contributed by atoms with E-state index in [4.69, 9.17) is 16.3 Å². The maximum atomic E-state index is 14.1. The summed E-state index contributed by atoms with van der Waals surface area (Å²) in [6.07, 6.45) is 0.719. The van der Waals surface area contributed by atoms with Crippen molar-refractivity contribution in [3.63, 3.8) is 0 Å². The van der Waals surface area contributed by atoms with Crippen LogP contribution in [0.5, 0.6) is 5.75 Å².